The number of ether oxygens (including phenoxy) is 4. The topological polar surface area (TPSA) is 514 Å². The molecule has 113 heavy (non-hydrogen) atoms. The van der Waals surface area contributed by atoms with Gasteiger partial charge in [0.25, 0.3) is 46.4 Å². The first-order valence-electron chi connectivity index (χ1n) is 35.9. The number of hydrogen-bond acceptors (Lipinski definition) is 23. The minimum absolute atomic E-state index is 0.00581. The van der Waals surface area contributed by atoms with Crippen LogP contribution in [0.15, 0.2) is 145 Å². The molecule has 614 valence electrons. The number of aromatic nitrogens is 3. The van der Waals surface area contributed by atoms with E-state index in [1.54, 1.807) is 49.7 Å². The predicted molar refractivity (Wildman–Crippen MR) is 413 cm³/mol. The van der Waals surface area contributed by atoms with E-state index < -0.39 is 123 Å². The fourth-order valence-electron chi connectivity index (χ4n) is 13.9. The second-order valence-corrected chi connectivity index (χ2v) is 35.4. The maximum Gasteiger partial charge on any atom is 0.295 e. The van der Waals surface area contributed by atoms with Crippen molar-refractivity contribution in [3.05, 3.63) is 142 Å². The van der Waals surface area contributed by atoms with Gasteiger partial charge in [0.2, 0.25) is 33.4 Å². The van der Waals surface area contributed by atoms with Crippen LogP contribution in [0.25, 0.3) is 32.0 Å². The molecular weight excluding hydrogens is 1580 g/mol. The third-order valence-electron chi connectivity index (χ3n) is 19.1. The number of hydrogen-bond donors (Lipinski definition) is 9. The first-order chi connectivity index (χ1) is 53.2. The Morgan fingerprint density at radius 2 is 1.27 bits per heavy atom. The highest BCUT2D eigenvalue weighted by atomic mass is 32.2. The van der Waals surface area contributed by atoms with E-state index in [1.165, 1.54) is 60.5 Å². The van der Waals surface area contributed by atoms with Gasteiger partial charge in [-0.2, -0.15) is 42.6 Å². The van der Waals surface area contributed by atoms with Crippen molar-refractivity contribution in [3.63, 3.8) is 0 Å². The van der Waals surface area contributed by atoms with Gasteiger partial charge in [0.05, 0.1) is 85.6 Å². The third-order valence-corrected chi connectivity index (χ3v) is 24.4. The smallest absolute Gasteiger partial charge is 0.295 e. The summed E-state index contributed by atoms with van der Waals surface area (Å²) >= 11 is 0. The summed E-state index contributed by atoms with van der Waals surface area (Å²) in [6.07, 6.45) is 13.1. The molecule has 9 N–H and O–H groups in total. The van der Waals surface area contributed by atoms with Gasteiger partial charge in [0.1, 0.15) is 40.7 Å². The van der Waals surface area contributed by atoms with Gasteiger partial charge in [0.15, 0.2) is 5.71 Å². The highest BCUT2D eigenvalue weighted by Crippen LogP contribution is 2.52. The Kier molecular flexibility index (Phi) is 30.3. The number of rotatable bonds is 43. The number of nitrogens with zero attached hydrogens (tertiary/aromatic N) is 9. The molecule has 6 aromatic rings. The summed E-state index contributed by atoms with van der Waals surface area (Å²) in [5.41, 5.74) is 12.2. The molecule has 0 fully saturated rings. The third kappa shape index (κ3) is 22.2. The van der Waals surface area contributed by atoms with Crippen LogP contribution in [0.5, 0.6) is 5.75 Å². The first kappa shape index (κ1) is 89.4. The molecular formula is C72H94N13O23S5+. The second kappa shape index (κ2) is 38.3. The number of benzene rings is 5. The summed E-state index contributed by atoms with van der Waals surface area (Å²) in [5.74, 6) is -2.49. The normalized spacial score (nSPS) is 15.3. The van der Waals surface area contributed by atoms with Gasteiger partial charge in [-0.25, -0.2) is 18.6 Å². The summed E-state index contributed by atoms with van der Waals surface area (Å²) in [5, 5.41) is 29.5. The van der Waals surface area contributed by atoms with Gasteiger partial charge in [0, 0.05) is 82.4 Å². The molecule has 0 spiro atoms. The molecule has 2 atom stereocenters. The number of fused-ring (bicyclic) bond motifs is 6. The monoisotopic (exact) mass is 1670 g/mol. The number of unbranched alkanes of at least 4 members (excludes halogenated alkanes) is 3. The van der Waals surface area contributed by atoms with Gasteiger partial charge in [-0.05, 0) is 147 Å². The number of amides is 4. The van der Waals surface area contributed by atoms with Crippen LogP contribution in [0.2, 0.25) is 0 Å². The number of anilines is 1. The molecule has 4 amide bonds. The van der Waals surface area contributed by atoms with Crippen LogP contribution in [0, 0.1) is 5.92 Å². The van der Waals surface area contributed by atoms with Gasteiger partial charge >= 0.3 is 0 Å². The Hall–Kier alpha value is -9.17. The number of carbonyl (C=O) groups is 4. The lowest BCUT2D eigenvalue weighted by molar-refractivity contribution is -0.433. The molecule has 36 nitrogen and oxygen atoms in total. The van der Waals surface area contributed by atoms with Crippen molar-refractivity contribution in [2.45, 2.75) is 154 Å². The van der Waals surface area contributed by atoms with Crippen molar-refractivity contribution >= 4 is 113 Å². The zero-order valence-corrected chi connectivity index (χ0v) is 67.5. The minimum atomic E-state index is -5.05. The lowest BCUT2D eigenvalue weighted by Gasteiger charge is -2.31. The molecule has 0 saturated heterocycles. The summed E-state index contributed by atoms with van der Waals surface area (Å²) in [6.45, 7) is 14.1. The van der Waals surface area contributed by atoms with Crippen LogP contribution in [-0.4, -0.2) is 210 Å². The number of methoxy groups -OCH3 is 1. The van der Waals surface area contributed by atoms with E-state index in [1.807, 2.05) is 56.2 Å². The number of nitrogens with one attached hydrogen (secondary N) is 4. The maximum absolute atomic E-state index is 13.9. The molecule has 8 rings (SSSR count). The molecule has 2 aliphatic rings. The predicted octanol–water partition coefficient (Wildman–Crippen LogP) is 7.00. The van der Waals surface area contributed by atoms with Gasteiger partial charge < -0.3 is 39.8 Å². The van der Waals surface area contributed by atoms with Crippen molar-refractivity contribution in [3.8, 4) is 5.75 Å². The Bertz CT molecular complexity index is 5320. The number of allylic oxidation sites excluding steroid dienone is 6. The molecule has 5 aromatic carbocycles. The second-order valence-electron chi connectivity index (χ2n) is 27.8. The van der Waals surface area contributed by atoms with E-state index in [4.69, 9.17) is 24.5 Å². The molecule has 1 aromatic heterocycles. The van der Waals surface area contributed by atoms with Gasteiger partial charge in [-0.3, -0.25) is 42.6 Å². The zero-order valence-electron chi connectivity index (χ0n) is 63.4. The van der Waals surface area contributed by atoms with E-state index >= 15 is 0 Å². The quantitative estimate of drug-likeness (QED) is 0.00214. The molecule has 41 heteroatoms. The Labute approximate surface area is 655 Å². The molecule has 3 heterocycles. The van der Waals surface area contributed by atoms with Crippen LogP contribution in [0.3, 0.4) is 0 Å². The van der Waals surface area contributed by atoms with Crippen LogP contribution >= 0.6 is 0 Å². The molecule has 0 bridgehead atoms. The Morgan fingerprint density at radius 3 is 1.86 bits per heavy atom. The average Bonchev–Trinajstić information content (AvgIpc) is 1.59. The molecule has 0 radical (unpaired) electrons. The first-order valence-corrected chi connectivity index (χ1v) is 43.1. The van der Waals surface area contributed by atoms with Gasteiger partial charge in [-0.1, -0.05) is 68.7 Å². The summed E-state index contributed by atoms with van der Waals surface area (Å²) in [4.78, 5) is 53.4. The maximum atomic E-state index is 13.9. The van der Waals surface area contributed by atoms with Crippen molar-refractivity contribution in [1.29, 1.82) is 0 Å². The molecule has 2 aliphatic heterocycles. The van der Waals surface area contributed by atoms with E-state index in [9.17, 15) is 84.7 Å². The van der Waals surface area contributed by atoms with E-state index in [2.05, 4.69) is 36.3 Å². The van der Waals surface area contributed by atoms with Crippen LogP contribution in [0.4, 0.5) is 11.4 Å². The lowest BCUT2D eigenvalue weighted by atomic mass is 9.79. The number of sulfonamides is 1. The average molecular weight is 1670 g/mol. The van der Waals surface area contributed by atoms with Crippen molar-refractivity contribution in [2.75, 3.05) is 84.4 Å². The molecule has 0 unspecified atom stereocenters. The Balaban J connectivity index is 0.803. The lowest BCUT2D eigenvalue weighted by Crippen LogP contribution is -2.51. The van der Waals surface area contributed by atoms with Crippen molar-refractivity contribution in [2.24, 2.45) is 11.0 Å². The largest absolute Gasteiger partial charge is 0.497 e. The number of azide groups is 1. The number of carbonyl (C=O) groups excluding carboxylic acids is 4. The highest BCUT2D eigenvalue weighted by Gasteiger charge is 2.47. The summed E-state index contributed by atoms with van der Waals surface area (Å²) in [6, 6.07) is 13.2. The van der Waals surface area contributed by atoms with Gasteiger partial charge in [-0.15, -0.1) is 5.10 Å². The van der Waals surface area contributed by atoms with Crippen LogP contribution < -0.4 is 31.1 Å². The Morgan fingerprint density at radius 1 is 0.664 bits per heavy atom. The fourth-order valence-corrected chi connectivity index (χ4v) is 18.2. The molecule has 0 saturated carbocycles. The van der Waals surface area contributed by atoms with E-state index in [0.717, 1.165) is 16.1 Å². The van der Waals surface area contributed by atoms with Crippen LogP contribution in [0.1, 0.15) is 110 Å². The van der Waals surface area contributed by atoms with Crippen LogP contribution in [-0.2, 0) is 108 Å². The van der Waals surface area contributed by atoms with Crippen molar-refractivity contribution < 1.29 is 108 Å². The van der Waals surface area contributed by atoms with Crippen molar-refractivity contribution in [1.82, 2.24) is 40.7 Å². The van der Waals surface area contributed by atoms with E-state index in [0.29, 0.717) is 91.3 Å². The molecule has 0 aliphatic carbocycles. The summed E-state index contributed by atoms with van der Waals surface area (Å²) < 4.78 is 196. The number of hydroxylamine groups is 1. The minimum Gasteiger partial charge on any atom is -0.497 e. The SMILES string of the molecule is CC[N+]1=C(/C=C/C=C/C=C2/N(CCCCCC(=O)NCCCC[C@H](NC(=O)CN=[N+]=[N-])C(=O)NCCOCCOCCOCCn3cc(CN([C@@H](C(=O)NO)C(C)C)S(=O)(=O)c4ccc(OC)cc4)nn3)c3ccc4c(S(=O)(=O)O)cc(S(=O)(=O)O)cc4c3C2(C)C)C(C)(C)c2c1ccc1c(S(=O)(=O)O)cc(S(=O)(=O)O)cc21. The van der Waals surface area contributed by atoms with E-state index in [-0.39, 0.29) is 117 Å². The standard InChI is InChI=1S/C72H93N13O23S5/c1-9-83-58-28-26-53-55(40-51(110(93,94)95)42-60(53)112(99,100)101)66(58)71(4,5)62(83)19-12-10-13-20-63-72(6,7)67-56-41-52(111(96,97)98)43-61(113(102,103)104)54(56)27-29-59(67)84(63)32-17-11-14-21-64(86)74-30-16-15-18-57(77-65(87)44-76-80-73)69(88)75-31-34-106-36-38-108-39-37-107-35-33-82-45-48(78-81-82)46-85(68(47(2)3)70(89)79-90)109(91,92)50-24-22-49(105-8)23-25-50/h10,12-13,19-20,22-29,40-43,45,47,57,68H,9,11,14-18,21,30-39,44,46H2,1-8H3,(H8-,74,75,77,78,79,81,86,87,88,89,90,93,94,95,96,97,98,99,100,101,102,103,104)/p+1/t57-,68+/m0/s1. The highest BCUT2D eigenvalue weighted by molar-refractivity contribution is 7.89. The zero-order chi connectivity index (χ0) is 83.0. The fraction of sp³-hybridized carbons (Fsp3) is 0.458. The summed E-state index contributed by atoms with van der Waals surface area (Å²) in [7, 11) is -22.8.